The van der Waals surface area contributed by atoms with Gasteiger partial charge in [0.25, 0.3) is 0 Å². The maximum Gasteiger partial charge on any atom is 0.338 e. The van der Waals surface area contributed by atoms with E-state index in [-0.39, 0.29) is 11.4 Å². The van der Waals surface area contributed by atoms with Gasteiger partial charge in [0.1, 0.15) is 16.8 Å². The smallest absolute Gasteiger partial charge is 0.338 e. The van der Waals surface area contributed by atoms with Crippen molar-refractivity contribution in [1.82, 2.24) is 15.4 Å². The Morgan fingerprint density at radius 3 is 2.55 bits per heavy atom. The Kier molecular flexibility index (Phi) is 6.52. The summed E-state index contributed by atoms with van der Waals surface area (Å²) >= 11 is 0. The van der Waals surface area contributed by atoms with E-state index in [0.29, 0.717) is 24.3 Å². The van der Waals surface area contributed by atoms with Crippen LogP contribution >= 0.6 is 0 Å². The largest absolute Gasteiger partial charge is 0.493 e. The molecule has 0 amide bonds. The lowest BCUT2D eigenvalue weighted by molar-refractivity contribution is 0.0494. The van der Waals surface area contributed by atoms with Crippen molar-refractivity contribution in [2.24, 2.45) is 0 Å². The third-order valence-corrected chi connectivity index (χ3v) is 5.42. The lowest BCUT2D eigenvalue weighted by Gasteiger charge is -2.24. The molecule has 3 rings (SSSR count). The fraction of sp³-hybridized carbons (Fsp3) is 0.435. The van der Waals surface area contributed by atoms with E-state index in [2.05, 4.69) is 61.3 Å². The van der Waals surface area contributed by atoms with Gasteiger partial charge in [-0.05, 0) is 67.0 Å². The Hall–Kier alpha value is -2.89. The van der Waals surface area contributed by atoms with Gasteiger partial charge in [-0.3, -0.25) is 0 Å². The number of carbonyl (C=O) groups excluding carboxylic acids is 1. The molecule has 0 fully saturated rings. The van der Waals surface area contributed by atoms with Crippen LogP contribution in [0.25, 0.3) is 11.0 Å². The number of ether oxygens (including phenoxy) is 2. The number of aromatic amines is 1. The summed E-state index contributed by atoms with van der Waals surface area (Å²) in [6.45, 7) is 9.76. The molecule has 0 aliphatic rings. The van der Waals surface area contributed by atoms with Gasteiger partial charge in [0.15, 0.2) is 0 Å². The molecule has 0 radical (unpaired) electrons. The first kappa shape index (κ1) is 20.8. The number of unbranched alkanes of at least 4 members (excludes halogenated alkanes) is 1. The van der Waals surface area contributed by atoms with Crippen molar-refractivity contribution in [2.75, 3.05) is 13.2 Å². The third kappa shape index (κ3) is 5.13. The third-order valence-electron chi connectivity index (χ3n) is 5.42. The second-order valence-corrected chi connectivity index (χ2v) is 7.94. The lowest BCUT2D eigenvalue weighted by atomic mass is 9.81. The molecule has 0 bridgehead atoms. The molecule has 154 valence electrons. The number of rotatable bonds is 9. The van der Waals surface area contributed by atoms with Crippen molar-refractivity contribution in [3.8, 4) is 5.75 Å². The average molecular weight is 396 g/mol. The Morgan fingerprint density at radius 1 is 1.03 bits per heavy atom. The first-order valence-electron chi connectivity index (χ1n) is 10.1. The molecule has 1 aromatic heterocycles. The van der Waals surface area contributed by atoms with Crippen LogP contribution in [0.2, 0.25) is 0 Å². The van der Waals surface area contributed by atoms with Crippen LogP contribution in [0.3, 0.4) is 0 Å². The Morgan fingerprint density at radius 2 is 1.79 bits per heavy atom. The number of esters is 1. The monoisotopic (exact) mass is 395 g/mol. The number of hydrogen-bond donors (Lipinski definition) is 1. The molecule has 0 saturated carbocycles. The van der Waals surface area contributed by atoms with Crippen LogP contribution in [-0.2, 0) is 10.2 Å². The number of H-pyrrole nitrogens is 1. The number of nitrogens with zero attached hydrogens (tertiary/aromatic N) is 2. The zero-order valence-corrected chi connectivity index (χ0v) is 17.6. The first-order chi connectivity index (χ1) is 13.9. The maximum absolute atomic E-state index is 12.1. The van der Waals surface area contributed by atoms with E-state index in [1.807, 2.05) is 0 Å². The minimum Gasteiger partial charge on any atom is -0.493 e. The van der Waals surface area contributed by atoms with Gasteiger partial charge in [-0.1, -0.05) is 32.9 Å². The van der Waals surface area contributed by atoms with E-state index in [0.717, 1.165) is 36.1 Å². The molecule has 1 N–H and O–H groups in total. The molecular weight excluding hydrogens is 366 g/mol. The van der Waals surface area contributed by atoms with Crippen LogP contribution in [0.15, 0.2) is 36.4 Å². The summed E-state index contributed by atoms with van der Waals surface area (Å²) in [6, 6.07) is 11.5. The number of aryl methyl sites for hydroxylation is 1. The van der Waals surface area contributed by atoms with Crippen molar-refractivity contribution in [3.05, 3.63) is 53.1 Å². The fourth-order valence-corrected chi connectivity index (χ4v) is 3.04. The topological polar surface area (TPSA) is 77.1 Å². The second-order valence-electron chi connectivity index (χ2n) is 7.94. The molecule has 0 aliphatic heterocycles. The van der Waals surface area contributed by atoms with E-state index < -0.39 is 0 Å². The number of carbonyl (C=O) groups is 1. The molecule has 6 nitrogen and oxygen atoms in total. The van der Waals surface area contributed by atoms with Crippen LogP contribution in [0, 0.1) is 6.92 Å². The van der Waals surface area contributed by atoms with Crippen LogP contribution in [-0.4, -0.2) is 34.6 Å². The molecule has 0 unspecified atom stereocenters. The van der Waals surface area contributed by atoms with E-state index >= 15 is 0 Å². The number of nitrogens with one attached hydrogen (secondary N) is 1. The normalized spacial score (nSPS) is 11.6. The molecular formula is C23H29N3O3. The van der Waals surface area contributed by atoms with Crippen LogP contribution in [0.5, 0.6) is 5.75 Å². The number of fused-ring (bicyclic) bond motifs is 1. The van der Waals surface area contributed by atoms with Gasteiger partial charge in [-0.15, -0.1) is 0 Å². The number of benzene rings is 2. The van der Waals surface area contributed by atoms with Gasteiger partial charge in [0, 0.05) is 0 Å². The first-order valence-corrected chi connectivity index (χ1v) is 10.1. The molecule has 2 aromatic carbocycles. The highest BCUT2D eigenvalue weighted by molar-refractivity contribution is 5.93. The van der Waals surface area contributed by atoms with Crippen LogP contribution in [0.1, 0.15) is 61.5 Å². The standard InChI is InChI=1S/C23H29N3O3/c1-5-23(3,4)18-9-11-21(16(2)14-18)28-12-6-7-13-29-22(27)17-8-10-19-20(15-17)25-26-24-19/h8-11,14-15H,5-7,12-13H2,1-4H3,(H,24,25,26). The molecule has 0 aliphatic carbocycles. The minimum absolute atomic E-state index is 0.172. The molecule has 6 heteroatoms. The Bertz CT molecular complexity index is 978. The quantitative estimate of drug-likeness (QED) is 0.409. The molecule has 1 heterocycles. The van der Waals surface area contributed by atoms with Gasteiger partial charge in [0.2, 0.25) is 0 Å². The molecule has 0 spiro atoms. The highest BCUT2D eigenvalue weighted by Gasteiger charge is 2.18. The predicted octanol–water partition coefficient (Wildman–Crippen LogP) is 4.97. The highest BCUT2D eigenvalue weighted by Crippen LogP contribution is 2.30. The van der Waals surface area contributed by atoms with Crippen LogP contribution in [0.4, 0.5) is 0 Å². The minimum atomic E-state index is -0.346. The maximum atomic E-state index is 12.1. The van der Waals surface area contributed by atoms with Crippen molar-refractivity contribution >= 4 is 17.0 Å². The number of hydrogen-bond acceptors (Lipinski definition) is 5. The second kappa shape index (κ2) is 9.07. The van der Waals surface area contributed by atoms with E-state index in [1.165, 1.54) is 5.56 Å². The van der Waals surface area contributed by atoms with Gasteiger partial charge in [0.05, 0.1) is 18.8 Å². The summed E-state index contributed by atoms with van der Waals surface area (Å²) in [6.07, 6.45) is 2.66. The van der Waals surface area contributed by atoms with Gasteiger partial charge in [-0.25, -0.2) is 4.79 Å². The zero-order valence-electron chi connectivity index (χ0n) is 17.6. The van der Waals surface area contributed by atoms with E-state index in [9.17, 15) is 4.79 Å². The number of aromatic nitrogens is 3. The Balaban J connectivity index is 1.40. The average Bonchev–Trinajstić information content (AvgIpc) is 3.19. The zero-order chi connectivity index (χ0) is 20.9. The molecule has 0 saturated heterocycles. The van der Waals surface area contributed by atoms with Crippen molar-refractivity contribution in [1.29, 1.82) is 0 Å². The summed E-state index contributed by atoms with van der Waals surface area (Å²) < 4.78 is 11.3. The predicted molar refractivity (Wildman–Crippen MR) is 113 cm³/mol. The highest BCUT2D eigenvalue weighted by atomic mass is 16.5. The summed E-state index contributed by atoms with van der Waals surface area (Å²) in [5.41, 5.74) is 4.51. The summed E-state index contributed by atoms with van der Waals surface area (Å²) in [4.78, 5) is 12.1. The SMILES string of the molecule is CCC(C)(C)c1ccc(OCCCCOC(=O)c2ccc3n[nH]nc3c2)c(C)c1. The van der Waals surface area contributed by atoms with Gasteiger partial charge >= 0.3 is 5.97 Å². The van der Waals surface area contributed by atoms with Gasteiger partial charge < -0.3 is 9.47 Å². The van der Waals surface area contributed by atoms with Crippen molar-refractivity contribution in [2.45, 2.75) is 52.4 Å². The summed E-state index contributed by atoms with van der Waals surface area (Å²) in [5, 5.41) is 10.5. The molecule has 3 aromatic rings. The summed E-state index contributed by atoms with van der Waals surface area (Å²) in [7, 11) is 0. The summed E-state index contributed by atoms with van der Waals surface area (Å²) in [5.74, 6) is 0.569. The van der Waals surface area contributed by atoms with E-state index in [1.54, 1.807) is 18.2 Å². The van der Waals surface area contributed by atoms with Crippen molar-refractivity contribution in [3.63, 3.8) is 0 Å². The fourth-order valence-electron chi connectivity index (χ4n) is 3.04. The van der Waals surface area contributed by atoms with E-state index in [4.69, 9.17) is 9.47 Å². The van der Waals surface area contributed by atoms with Crippen LogP contribution < -0.4 is 4.74 Å². The Labute approximate surface area is 171 Å². The van der Waals surface area contributed by atoms with Crippen molar-refractivity contribution < 1.29 is 14.3 Å². The lowest BCUT2D eigenvalue weighted by Crippen LogP contribution is -2.15. The molecule has 0 atom stereocenters. The van der Waals surface area contributed by atoms with Gasteiger partial charge in [-0.2, -0.15) is 15.4 Å². The molecule has 29 heavy (non-hydrogen) atoms.